The third kappa shape index (κ3) is 4.27. The van der Waals surface area contributed by atoms with E-state index in [0.29, 0.717) is 26.2 Å². The lowest BCUT2D eigenvalue weighted by molar-refractivity contribution is -0.141. The highest BCUT2D eigenvalue weighted by Crippen LogP contribution is 2.35. The molecule has 0 radical (unpaired) electrons. The zero-order valence-corrected chi connectivity index (χ0v) is 15.8. The fourth-order valence-electron chi connectivity index (χ4n) is 3.12. The maximum atomic E-state index is 12.9. The third-order valence-corrected chi connectivity index (χ3v) is 5.00. The number of carbonyl (C=O) groups is 1. The van der Waals surface area contributed by atoms with Crippen molar-refractivity contribution >= 4 is 17.5 Å². The van der Waals surface area contributed by atoms with Crippen LogP contribution in [0.15, 0.2) is 24.3 Å². The summed E-state index contributed by atoms with van der Waals surface area (Å²) in [5.41, 5.74) is 0.925. The summed E-state index contributed by atoms with van der Waals surface area (Å²) in [6.07, 6.45) is -4.69. The van der Waals surface area contributed by atoms with E-state index in [-0.39, 0.29) is 5.69 Å². The highest BCUT2D eigenvalue weighted by Gasteiger charge is 2.40. The summed E-state index contributed by atoms with van der Waals surface area (Å²) in [4.78, 5) is 16.4. The third-order valence-electron chi connectivity index (χ3n) is 4.65. The number of hydrogen-bond donors (Lipinski definition) is 0. The summed E-state index contributed by atoms with van der Waals surface area (Å²) in [5.74, 6) is -0.527. The molecule has 0 aliphatic carbocycles. The standard InChI is InChI=1S/C18H20ClF3N4O/c1-12-3-5-13(6-4-12)11-25-7-9-26(10-8-25)17(27)15-14(19)16(18(20,21)22)23-24(15)2/h3-6H,7-11H2,1-2H3. The van der Waals surface area contributed by atoms with E-state index in [2.05, 4.69) is 34.3 Å². The first-order chi connectivity index (χ1) is 12.7. The molecule has 1 saturated heterocycles. The van der Waals surface area contributed by atoms with E-state index in [1.165, 1.54) is 23.1 Å². The van der Waals surface area contributed by atoms with Gasteiger partial charge in [-0.2, -0.15) is 18.3 Å². The summed E-state index contributed by atoms with van der Waals surface area (Å²) in [6, 6.07) is 8.25. The van der Waals surface area contributed by atoms with Crippen LogP contribution in [0.5, 0.6) is 0 Å². The molecule has 1 amide bonds. The largest absolute Gasteiger partial charge is 0.436 e. The van der Waals surface area contributed by atoms with E-state index in [4.69, 9.17) is 11.6 Å². The first kappa shape index (κ1) is 19.7. The Kier molecular flexibility index (Phi) is 5.48. The van der Waals surface area contributed by atoms with Gasteiger partial charge in [-0.05, 0) is 12.5 Å². The van der Waals surface area contributed by atoms with Gasteiger partial charge >= 0.3 is 6.18 Å². The minimum atomic E-state index is -4.69. The number of amides is 1. The van der Waals surface area contributed by atoms with E-state index in [9.17, 15) is 18.0 Å². The Morgan fingerprint density at radius 1 is 1.15 bits per heavy atom. The molecule has 1 aliphatic rings. The number of aromatic nitrogens is 2. The van der Waals surface area contributed by atoms with Crippen LogP contribution in [0.1, 0.15) is 27.3 Å². The van der Waals surface area contributed by atoms with Gasteiger partial charge < -0.3 is 4.90 Å². The van der Waals surface area contributed by atoms with Crippen LogP contribution in [0.4, 0.5) is 13.2 Å². The van der Waals surface area contributed by atoms with E-state index in [1.807, 2.05) is 6.92 Å². The number of hydrogen-bond acceptors (Lipinski definition) is 3. The maximum Gasteiger partial charge on any atom is 0.436 e. The van der Waals surface area contributed by atoms with Gasteiger partial charge in [0.2, 0.25) is 0 Å². The van der Waals surface area contributed by atoms with Gasteiger partial charge in [0.15, 0.2) is 5.69 Å². The van der Waals surface area contributed by atoms with Crippen molar-refractivity contribution in [3.05, 3.63) is 51.8 Å². The second-order valence-corrected chi connectivity index (χ2v) is 7.06. The molecule has 3 rings (SSSR count). The number of benzene rings is 1. The normalized spacial score (nSPS) is 16.0. The van der Waals surface area contributed by atoms with Gasteiger partial charge in [-0.3, -0.25) is 14.4 Å². The average molecular weight is 401 g/mol. The highest BCUT2D eigenvalue weighted by atomic mass is 35.5. The molecule has 0 atom stereocenters. The Morgan fingerprint density at radius 2 is 1.74 bits per heavy atom. The van der Waals surface area contributed by atoms with Crippen LogP contribution < -0.4 is 0 Å². The molecule has 0 saturated carbocycles. The number of rotatable bonds is 3. The predicted molar refractivity (Wildman–Crippen MR) is 95.6 cm³/mol. The Bertz CT molecular complexity index is 824. The van der Waals surface area contributed by atoms with Gasteiger partial charge in [0.05, 0.1) is 0 Å². The van der Waals surface area contributed by atoms with Crippen molar-refractivity contribution in [3.63, 3.8) is 0 Å². The molecule has 27 heavy (non-hydrogen) atoms. The molecule has 9 heteroatoms. The topological polar surface area (TPSA) is 41.4 Å². The van der Waals surface area contributed by atoms with Gasteiger partial charge in [0.1, 0.15) is 10.7 Å². The molecule has 2 aromatic rings. The molecule has 0 spiro atoms. The van der Waals surface area contributed by atoms with Crippen molar-refractivity contribution in [3.8, 4) is 0 Å². The van der Waals surface area contributed by atoms with E-state index in [0.717, 1.165) is 11.2 Å². The molecule has 1 fully saturated rings. The van der Waals surface area contributed by atoms with Crippen LogP contribution >= 0.6 is 11.6 Å². The molecule has 0 unspecified atom stereocenters. The summed E-state index contributed by atoms with van der Waals surface area (Å²) >= 11 is 5.82. The quantitative estimate of drug-likeness (QED) is 0.793. The van der Waals surface area contributed by atoms with Gasteiger partial charge in [-0.25, -0.2) is 0 Å². The molecular weight excluding hydrogens is 381 g/mol. The number of alkyl halides is 3. The second-order valence-electron chi connectivity index (χ2n) is 6.69. The second kappa shape index (κ2) is 7.52. The Hall–Kier alpha value is -2.06. The highest BCUT2D eigenvalue weighted by molar-refractivity contribution is 6.34. The first-order valence-corrected chi connectivity index (χ1v) is 8.91. The number of aryl methyl sites for hydroxylation is 2. The average Bonchev–Trinajstić information content (AvgIpc) is 2.92. The minimum absolute atomic E-state index is 0.226. The lowest BCUT2D eigenvalue weighted by Crippen LogP contribution is -2.48. The molecule has 0 bridgehead atoms. The lowest BCUT2D eigenvalue weighted by Gasteiger charge is -2.34. The van der Waals surface area contributed by atoms with Crippen LogP contribution in [0.25, 0.3) is 0 Å². The molecule has 146 valence electrons. The summed E-state index contributed by atoms with van der Waals surface area (Å²) in [5, 5.41) is 2.74. The summed E-state index contributed by atoms with van der Waals surface area (Å²) in [6.45, 7) is 4.93. The molecule has 1 aliphatic heterocycles. The van der Waals surface area contributed by atoms with Crippen molar-refractivity contribution in [2.45, 2.75) is 19.6 Å². The lowest BCUT2D eigenvalue weighted by atomic mass is 10.1. The van der Waals surface area contributed by atoms with E-state index >= 15 is 0 Å². The van der Waals surface area contributed by atoms with E-state index < -0.39 is 22.8 Å². The van der Waals surface area contributed by atoms with Crippen molar-refractivity contribution in [2.24, 2.45) is 7.05 Å². The molecule has 2 heterocycles. The van der Waals surface area contributed by atoms with Gasteiger partial charge in [-0.15, -0.1) is 0 Å². The summed E-state index contributed by atoms with van der Waals surface area (Å²) in [7, 11) is 1.29. The maximum absolute atomic E-state index is 12.9. The number of carbonyl (C=O) groups excluding carboxylic acids is 1. The fourth-order valence-corrected chi connectivity index (χ4v) is 3.47. The molecular formula is C18H20ClF3N4O. The van der Waals surface area contributed by atoms with Crippen LogP contribution in [-0.2, 0) is 19.8 Å². The Balaban J connectivity index is 1.65. The number of halogens is 4. The van der Waals surface area contributed by atoms with Gasteiger partial charge in [0, 0.05) is 39.8 Å². The van der Waals surface area contributed by atoms with Crippen molar-refractivity contribution in [1.29, 1.82) is 0 Å². The number of piperazine rings is 1. The smallest absolute Gasteiger partial charge is 0.335 e. The van der Waals surface area contributed by atoms with Crippen LogP contribution in [0.2, 0.25) is 5.02 Å². The van der Waals surface area contributed by atoms with Crippen LogP contribution in [0.3, 0.4) is 0 Å². The number of nitrogens with zero attached hydrogens (tertiary/aromatic N) is 4. The SMILES string of the molecule is Cc1ccc(CN2CCN(C(=O)c3c(Cl)c(C(F)(F)F)nn3C)CC2)cc1. The zero-order valence-electron chi connectivity index (χ0n) is 15.1. The zero-order chi connectivity index (χ0) is 19.8. The molecule has 5 nitrogen and oxygen atoms in total. The van der Waals surface area contributed by atoms with Crippen LogP contribution in [0, 0.1) is 6.92 Å². The van der Waals surface area contributed by atoms with Gasteiger partial charge in [0.25, 0.3) is 5.91 Å². The molecule has 1 aromatic heterocycles. The Morgan fingerprint density at radius 3 is 2.26 bits per heavy atom. The Labute approximate surface area is 160 Å². The van der Waals surface area contributed by atoms with Gasteiger partial charge in [-0.1, -0.05) is 41.4 Å². The van der Waals surface area contributed by atoms with Crippen LogP contribution in [-0.4, -0.2) is 51.7 Å². The van der Waals surface area contributed by atoms with Crippen molar-refractivity contribution in [2.75, 3.05) is 26.2 Å². The predicted octanol–water partition coefficient (Wildman–Crippen LogP) is 3.36. The molecule has 1 aromatic carbocycles. The summed E-state index contributed by atoms with van der Waals surface area (Å²) < 4.78 is 39.7. The monoisotopic (exact) mass is 400 g/mol. The first-order valence-electron chi connectivity index (χ1n) is 8.53. The molecule has 0 N–H and O–H groups in total. The minimum Gasteiger partial charge on any atom is -0.335 e. The van der Waals surface area contributed by atoms with Crippen molar-refractivity contribution < 1.29 is 18.0 Å². The van der Waals surface area contributed by atoms with E-state index in [1.54, 1.807) is 0 Å². The van der Waals surface area contributed by atoms with Crippen molar-refractivity contribution in [1.82, 2.24) is 19.6 Å². The fraction of sp³-hybridized carbons (Fsp3) is 0.444.